The molecular weight excluding hydrogens is 1170 g/mol. The molecule has 6 aromatic rings. The predicted molar refractivity (Wildman–Crippen MR) is 323 cm³/mol. The lowest BCUT2D eigenvalue weighted by Gasteiger charge is -2.17. The highest BCUT2D eigenvalue weighted by molar-refractivity contribution is 6.36. The highest BCUT2D eigenvalue weighted by Gasteiger charge is 2.21. The maximum atomic E-state index is 12.3. The average molecular weight is 1240 g/mol. The standard InChI is InChI=1S/C19H21Cl2NO5.2C18H19Cl2NO4.2C2H6/c1-11(27-15-6-5-13(20)9-14(15)21)19(23)22-10-12-7-16(24-2)18(26-4)17(8-12)25-3;1-11(25-17-6-4-13(19)9-15(17)20)18(22)21-10-12-8-14(23-2)5-7-16(12)24-3;1-11(25-15-8-7-13(19)9-14(15)20)18(22)21-10-12-5-4-6-16(23-2)17(12)24-3;2*1-2/h5-9,11H,10H2,1-4H3,(H,22,23);2*4-9,11H,10H2,1-3H3,(H,21,22);2*1-2H3. The van der Waals surface area contributed by atoms with Crippen molar-refractivity contribution < 1.29 is 61.8 Å². The average Bonchev–Trinajstić information content (AvgIpc) is 3.49. The van der Waals surface area contributed by atoms with Crippen LogP contribution in [0.4, 0.5) is 0 Å². The summed E-state index contributed by atoms with van der Waals surface area (Å²) in [5.74, 6) is 4.36. The highest BCUT2D eigenvalue weighted by atomic mass is 35.5. The zero-order chi connectivity index (χ0) is 60.8. The number of ether oxygens (including phenoxy) is 10. The molecule has 0 aliphatic heterocycles. The number of carbonyl (C=O) groups is 3. The fraction of sp³-hybridized carbons (Fsp3) is 0.339. The van der Waals surface area contributed by atoms with E-state index in [1.165, 1.54) is 21.3 Å². The number of amides is 3. The van der Waals surface area contributed by atoms with Gasteiger partial charge < -0.3 is 63.3 Å². The van der Waals surface area contributed by atoms with Crippen molar-refractivity contribution in [3.05, 3.63) is 150 Å². The van der Waals surface area contributed by atoms with E-state index in [0.29, 0.717) is 87.6 Å². The van der Waals surface area contributed by atoms with E-state index in [0.717, 1.165) is 16.7 Å². The predicted octanol–water partition coefficient (Wildman–Crippen LogP) is 14.3. The molecule has 0 fully saturated rings. The summed E-state index contributed by atoms with van der Waals surface area (Å²) >= 11 is 35.7. The van der Waals surface area contributed by atoms with Crippen LogP contribution in [0.15, 0.2) is 103 Å². The molecule has 22 heteroatoms. The van der Waals surface area contributed by atoms with E-state index >= 15 is 0 Å². The molecular formula is C59H71Cl6N3O13. The van der Waals surface area contributed by atoms with Gasteiger partial charge in [-0.3, -0.25) is 14.4 Å². The summed E-state index contributed by atoms with van der Waals surface area (Å²) in [5, 5.41) is 10.9. The molecule has 0 aliphatic rings. The van der Waals surface area contributed by atoms with Crippen molar-refractivity contribution >= 4 is 87.3 Å². The lowest BCUT2D eigenvalue weighted by Crippen LogP contribution is -2.36. The number of hydrogen-bond donors (Lipinski definition) is 3. The van der Waals surface area contributed by atoms with Gasteiger partial charge in [0, 0.05) is 45.8 Å². The molecule has 0 bridgehead atoms. The van der Waals surface area contributed by atoms with Crippen LogP contribution in [0.25, 0.3) is 0 Å². The fourth-order valence-electron chi connectivity index (χ4n) is 6.78. The first-order valence-corrected chi connectivity index (χ1v) is 27.4. The Bertz CT molecular complexity index is 2840. The van der Waals surface area contributed by atoms with Crippen LogP contribution in [0, 0.1) is 0 Å². The molecule has 3 unspecified atom stereocenters. The number of hydrogen-bond acceptors (Lipinski definition) is 13. The van der Waals surface area contributed by atoms with Gasteiger partial charge in [-0.15, -0.1) is 0 Å². The smallest absolute Gasteiger partial charge is 0.261 e. The van der Waals surface area contributed by atoms with Gasteiger partial charge in [0.05, 0.1) is 64.8 Å². The van der Waals surface area contributed by atoms with Crippen molar-refractivity contribution in [2.75, 3.05) is 49.8 Å². The second-order valence-corrected chi connectivity index (χ2v) is 18.6. The van der Waals surface area contributed by atoms with Gasteiger partial charge in [-0.2, -0.15) is 0 Å². The zero-order valence-corrected chi connectivity index (χ0v) is 52.3. The van der Waals surface area contributed by atoms with E-state index in [4.69, 9.17) is 117 Å². The van der Waals surface area contributed by atoms with Crippen molar-refractivity contribution in [3.63, 3.8) is 0 Å². The van der Waals surface area contributed by atoms with Gasteiger partial charge in [-0.25, -0.2) is 0 Å². The summed E-state index contributed by atoms with van der Waals surface area (Å²) in [6, 6.07) is 28.9. The van der Waals surface area contributed by atoms with Crippen molar-refractivity contribution in [1.82, 2.24) is 16.0 Å². The molecule has 3 atom stereocenters. The Morgan fingerprint density at radius 1 is 0.383 bits per heavy atom. The second-order valence-electron chi connectivity index (χ2n) is 16.0. The summed E-state index contributed by atoms with van der Waals surface area (Å²) in [7, 11) is 10.9. The largest absolute Gasteiger partial charge is 0.497 e. The van der Waals surface area contributed by atoms with Crippen LogP contribution in [0.2, 0.25) is 30.1 Å². The SMILES string of the molecule is CC.CC.COc1cc(CNC(=O)C(C)Oc2ccc(Cl)cc2Cl)cc(OC)c1OC.COc1ccc(OC)c(CNC(=O)C(C)Oc2ccc(Cl)cc2Cl)c1.COc1cccc(CNC(=O)C(C)Oc2ccc(Cl)cc2Cl)c1OC. The summed E-state index contributed by atoms with van der Waals surface area (Å²) in [4.78, 5) is 36.9. The molecule has 6 aromatic carbocycles. The third-order valence-electron chi connectivity index (χ3n) is 10.8. The number of benzene rings is 6. The van der Waals surface area contributed by atoms with Crippen molar-refractivity contribution in [3.8, 4) is 57.5 Å². The highest BCUT2D eigenvalue weighted by Crippen LogP contribution is 2.38. The third-order valence-corrected chi connectivity index (χ3v) is 12.4. The van der Waals surface area contributed by atoms with Crippen LogP contribution >= 0.6 is 69.6 Å². The molecule has 0 radical (unpaired) electrons. The van der Waals surface area contributed by atoms with Gasteiger partial charge in [0.1, 0.15) is 28.7 Å². The lowest BCUT2D eigenvalue weighted by atomic mass is 10.1. The van der Waals surface area contributed by atoms with Gasteiger partial charge in [0.25, 0.3) is 17.7 Å². The van der Waals surface area contributed by atoms with Gasteiger partial charge in [0.2, 0.25) is 5.75 Å². The monoisotopic (exact) mass is 1240 g/mol. The van der Waals surface area contributed by atoms with Crippen LogP contribution in [0.5, 0.6) is 57.5 Å². The zero-order valence-electron chi connectivity index (χ0n) is 47.7. The summed E-state index contributed by atoms with van der Waals surface area (Å²) in [6.07, 6.45) is -2.20. The Labute approximate surface area is 505 Å². The number of para-hydroxylation sites is 1. The Balaban J connectivity index is 0.000000402. The second kappa shape index (κ2) is 37.5. The van der Waals surface area contributed by atoms with Gasteiger partial charge in [-0.1, -0.05) is 109 Å². The van der Waals surface area contributed by atoms with Crippen LogP contribution in [-0.2, 0) is 34.0 Å². The quantitative estimate of drug-likeness (QED) is 0.0585. The summed E-state index contributed by atoms with van der Waals surface area (Å²) in [5.41, 5.74) is 2.38. The molecule has 442 valence electrons. The van der Waals surface area contributed by atoms with Crippen molar-refractivity contribution in [2.24, 2.45) is 0 Å². The Morgan fingerprint density at radius 3 is 1.11 bits per heavy atom. The topological polar surface area (TPSA) is 180 Å². The maximum Gasteiger partial charge on any atom is 0.261 e. The Kier molecular flexibility index (Phi) is 32.7. The first kappa shape index (κ1) is 70.6. The van der Waals surface area contributed by atoms with Gasteiger partial charge in [0.15, 0.2) is 41.3 Å². The first-order chi connectivity index (χ1) is 38.8. The molecule has 0 spiro atoms. The van der Waals surface area contributed by atoms with E-state index in [9.17, 15) is 14.4 Å². The van der Waals surface area contributed by atoms with Gasteiger partial charge >= 0.3 is 0 Å². The molecule has 0 heterocycles. The van der Waals surface area contributed by atoms with Crippen LogP contribution in [0.3, 0.4) is 0 Å². The first-order valence-electron chi connectivity index (χ1n) is 25.2. The van der Waals surface area contributed by atoms with Gasteiger partial charge in [-0.05, 0) is 117 Å². The minimum Gasteiger partial charge on any atom is -0.497 e. The normalized spacial score (nSPS) is 11.1. The van der Waals surface area contributed by atoms with Crippen molar-refractivity contribution in [1.29, 1.82) is 0 Å². The Morgan fingerprint density at radius 2 is 0.753 bits per heavy atom. The molecule has 6 rings (SSSR count). The van der Waals surface area contributed by atoms with E-state index < -0.39 is 18.3 Å². The molecule has 0 aromatic heterocycles. The summed E-state index contributed by atoms with van der Waals surface area (Å²) < 4.78 is 53.8. The van der Waals surface area contributed by atoms with E-state index in [1.54, 1.807) is 140 Å². The van der Waals surface area contributed by atoms with E-state index in [2.05, 4.69) is 16.0 Å². The molecule has 0 aliphatic carbocycles. The molecule has 16 nitrogen and oxygen atoms in total. The number of halogens is 6. The van der Waals surface area contributed by atoms with E-state index in [1.807, 2.05) is 39.8 Å². The minimum absolute atomic E-state index is 0.262. The number of methoxy groups -OCH3 is 7. The number of nitrogens with one attached hydrogen (secondary N) is 3. The maximum absolute atomic E-state index is 12.3. The van der Waals surface area contributed by atoms with Crippen LogP contribution in [-0.4, -0.2) is 85.8 Å². The lowest BCUT2D eigenvalue weighted by molar-refractivity contribution is -0.128. The van der Waals surface area contributed by atoms with E-state index in [-0.39, 0.29) is 37.4 Å². The molecule has 0 saturated heterocycles. The third kappa shape index (κ3) is 22.7. The number of carbonyl (C=O) groups excluding carboxylic acids is 3. The summed E-state index contributed by atoms with van der Waals surface area (Å²) in [6.45, 7) is 13.7. The van der Waals surface area contributed by atoms with Crippen molar-refractivity contribution in [2.45, 2.75) is 86.4 Å². The van der Waals surface area contributed by atoms with Crippen LogP contribution < -0.4 is 63.3 Å². The Hall–Kier alpha value is -6.53. The molecule has 3 amide bonds. The fourth-order valence-corrected chi connectivity index (χ4v) is 8.14. The molecule has 0 saturated carbocycles. The minimum atomic E-state index is -0.745. The molecule has 3 N–H and O–H groups in total. The molecule has 81 heavy (non-hydrogen) atoms. The number of rotatable bonds is 22. The van der Waals surface area contributed by atoms with Crippen LogP contribution in [0.1, 0.15) is 65.2 Å².